The molecule has 1 atom stereocenters. The third-order valence-corrected chi connectivity index (χ3v) is 5.55. The van der Waals surface area contributed by atoms with Gasteiger partial charge >= 0.3 is 0 Å². The average Bonchev–Trinajstić information content (AvgIpc) is 3.02. The van der Waals surface area contributed by atoms with Crippen LogP contribution in [0, 0.1) is 0 Å². The number of nitrogens with one attached hydrogen (secondary N) is 1. The number of fused-ring (bicyclic) bond motifs is 2. The highest BCUT2D eigenvalue weighted by atomic mass is 16.3. The van der Waals surface area contributed by atoms with Crippen molar-refractivity contribution in [3.63, 3.8) is 0 Å². The Morgan fingerprint density at radius 3 is 2.54 bits per heavy atom. The van der Waals surface area contributed by atoms with E-state index in [0.29, 0.717) is 28.8 Å². The van der Waals surface area contributed by atoms with Crippen LogP contribution in [0.25, 0.3) is 11.0 Å². The average molecular weight is 378 g/mol. The smallest absolute Gasteiger partial charge is 0.291 e. The Bertz CT molecular complexity index is 1060. The summed E-state index contributed by atoms with van der Waals surface area (Å²) in [6.07, 6.45) is 1.69. The summed E-state index contributed by atoms with van der Waals surface area (Å²) >= 11 is 0. The number of pyridine rings is 1. The predicted molar refractivity (Wildman–Crippen MR) is 107 cm³/mol. The summed E-state index contributed by atoms with van der Waals surface area (Å²) in [7, 11) is 0. The number of amides is 1. The zero-order valence-electron chi connectivity index (χ0n) is 16.1. The molecule has 0 unspecified atom stereocenters. The Labute approximate surface area is 163 Å². The van der Waals surface area contributed by atoms with Crippen LogP contribution in [0.4, 0.5) is 0 Å². The van der Waals surface area contributed by atoms with E-state index in [9.17, 15) is 9.59 Å². The number of aromatic nitrogens is 1. The molecule has 4 rings (SSSR count). The highest BCUT2D eigenvalue weighted by Crippen LogP contribution is 2.36. The van der Waals surface area contributed by atoms with E-state index in [0.717, 1.165) is 19.6 Å². The molecule has 3 aromatic rings. The van der Waals surface area contributed by atoms with Gasteiger partial charge in [0.15, 0.2) is 5.43 Å². The molecule has 1 aliphatic rings. The van der Waals surface area contributed by atoms with Crippen molar-refractivity contribution in [2.45, 2.75) is 19.9 Å². The Morgan fingerprint density at radius 1 is 1.07 bits per heavy atom. The van der Waals surface area contributed by atoms with Crippen LogP contribution in [-0.4, -0.2) is 42.0 Å². The minimum Gasteiger partial charge on any atom is -0.450 e. The van der Waals surface area contributed by atoms with Crippen LogP contribution >= 0.6 is 0 Å². The van der Waals surface area contributed by atoms with Gasteiger partial charge in [0, 0.05) is 6.20 Å². The molecule has 6 heteroatoms. The number of carbonyl (C=O) groups excluding carboxylic acids is 1. The van der Waals surface area contributed by atoms with Crippen LogP contribution in [-0.2, 0) is 0 Å². The Balaban J connectivity index is 1.85. The number of quaternary nitrogens is 1. The number of hydrogen-bond donors (Lipinski definition) is 1. The molecule has 0 radical (unpaired) electrons. The molecular weight excluding hydrogens is 354 g/mol. The lowest BCUT2D eigenvalue weighted by Gasteiger charge is -2.26. The monoisotopic (exact) mass is 378 g/mol. The van der Waals surface area contributed by atoms with Gasteiger partial charge in [-0.1, -0.05) is 18.2 Å². The van der Waals surface area contributed by atoms with E-state index in [4.69, 9.17) is 4.42 Å². The minimum atomic E-state index is -0.514. The number of benzene rings is 1. The van der Waals surface area contributed by atoms with Gasteiger partial charge in [-0.05, 0) is 38.1 Å². The molecule has 0 aliphatic carbocycles. The predicted octanol–water partition coefficient (Wildman–Crippen LogP) is 1.66. The van der Waals surface area contributed by atoms with E-state index in [1.54, 1.807) is 35.4 Å². The van der Waals surface area contributed by atoms with Gasteiger partial charge in [0.05, 0.1) is 42.8 Å². The standard InChI is InChI=1S/C22H23N3O3/c1-3-24(4-2)13-14-25-19(16-10-7-8-12-23-16)18-20(26)15-9-5-6-11-17(15)28-21(18)22(25)27/h5-12,19H,3-4,13-14H2,1-2H3/p+1/t19-/m0/s1. The highest BCUT2D eigenvalue weighted by Gasteiger charge is 2.43. The first kappa shape index (κ1) is 18.4. The lowest BCUT2D eigenvalue weighted by molar-refractivity contribution is -0.895. The van der Waals surface area contributed by atoms with Gasteiger partial charge in [0.1, 0.15) is 11.6 Å². The van der Waals surface area contributed by atoms with Gasteiger partial charge in [-0.15, -0.1) is 0 Å². The van der Waals surface area contributed by atoms with E-state index in [2.05, 4.69) is 18.8 Å². The normalized spacial score (nSPS) is 16.2. The van der Waals surface area contributed by atoms with Gasteiger partial charge in [0.2, 0.25) is 5.76 Å². The molecule has 1 aromatic carbocycles. The largest absolute Gasteiger partial charge is 0.450 e. The van der Waals surface area contributed by atoms with E-state index in [1.807, 2.05) is 18.2 Å². The van der Waals surface area contributed by atoms with Crippen LogP contribution < -0.4 is 10.3 Å². The van der Waals surface area contributed by atoms with Crippen LogP contribution in [0.1, 0.15) is 41.7 Å². The maximum Gasteiger partial charge on any atom is 0.291 e. The number of para-hydroxylation sites is 1. The molecule has 0 saturated carbocycles. The molecule has 1 N–H and O–H groups in total. The maximum atomic E-state index is 13.3. The summed E-state index contributed by atoms with van der Waals surface area (Å²) in [5.41, 5.74) is 1.37. The first-order valence-corrected chi connectivity index (χ1v) is 9.76. The second kappa shape index (κ2) is 7.56. The second-order valence-electron chi connectivity index (χ2n) is 7.03. The van der Waals surface area contributed by atoms with Crippen molar-refractivity contribution in [2.75, 3.05) is 26.2 Å². The lowest BCUT2D eigenvalue weighted by Crippen LogP contribution is -3.12. The lowest BCUT2D eigenvalue weighted by atomic mass is 10.0. The van der Waals surface area contributed by atoms with Crippen molar-refractivity contribution in [1.82, 2.24) is 9.88 Å². The molecule has 3 heterocycles. The first-order chi connectivity index (χ1) is 13.7. The number of rotatable bonds is 6. The molecule has 6 nitrogen and oxygen atoms in total. The van der Waals surface area contributed by atoms with Crippen molar-refractivity contribution >= 4 is 16.9 Å². The van der Waals surface area contributed by atoms with Crippen molar-refractivity contribution in [3.05, 3.63) is 75.9 Å². The van der Waals surface area contributed by atoms with Crippen molar-refractivity contribution in [1.29, 1.82) is 0 Å². The van der Waals surface area contributed by atoms with Gasteiger partial charge in [-0.2, -0.15) is 0 Å². The molecular formula is C22H24N3O3+. The molecule has 0 bridgehead atoms. The molecule has 2 aromatic heterocycles. The molecule has 0 spiro atoms. The molecule has 0 saturated heterocycles. The van der Waals surface area contributed by atoms with Crippen molar-refractivity contribution in [2.24, 2.45) is 0 Å². The van der Waals surface area contributed by atoms with Crippen LogP contribution in [0.15, 0.2) is 57.9 Å². The van der Waals surface area contributed by atoms with Crippen molar-refractivity contribution in [3.8, 4) is 0 Å². The van der Waals surface area contributed by atoms with E-state index < -0.39 is 6.04 Å². The van der Waals surface area contributed by atoms with E-state index in [1.165, 1.54) is 4.90 Å². The summed E-state index contributed by atoms with van der Waals surface area (Å²) in [4.78, 5) is 34.1. The minimum absolute atomic E-state index is 0.147. The van der Waals surface area contributed by atoms with Crippen molar-refractivity contribution < 1.29 is 14.1 Å². The summed E-state index contributed by atoms with van der Waals surface area (Å²) in [5, 5.41) is 0.492. The zero-order chi connectivity index (χ0) is 19.7. The first-order valence-electron chi connectivity index (χ1n) is 9.76. The number of likely N-dealkylation sites (N-methyl/N-ethyl adjacent to an activating group) is 1. The fourth-order valence-electron chi connectivity index (χ4n) is 3.93. The molecule has 144 valence electrons. The fourth-order valence-corrected chi connectivity index (χ4v) is 3.93. The summed E-state index contributed by atoms with van der Waals surface area (Å²) < 4.78 is 5.91. The number of hydrogen-bond acceptors (Lipinski definition) is 4. The van der Waals surface area contributed by atoms with Crippen LogP contribution in [0.3, 0.4) is 0 Å². The third kappa shape index (κ3) is 2.99. The Hall–Kier alpha value is -2.99. The molecule has 0 fully saturated rings. The van der Waals surface area contributed by atoms with Gasteiger partial charge in [-0.3, -0.25) is 14.6 Å². The highest BCUT2D eigenvalue weighted by molar-refractivity contribution is 5.98. The van der Waals surface area contributed by atoms with E-state index in [-0.39, 0.29) is 17.1 Å². The van der Waals surface area contributed by atoms with Crippen LogP contribution in [0.2, 0.25) is 0 Å². The molecule has 1 aliphatic heterocycles. The quantitative estimate of drug-likeness (QED) is 0.708. The van der Waals surface area contributed by atoms with Gasteiger partial charge in [-0.25, -0.2) is 0 Å². The van der Waals surface area contributed by atoms with Crippen LogP contribution in [0.5, 0.6) is 0 Å². The molecule has 1 amide bonds. The number of nitrogens with zero attached hydrogens (tertiary/aromatic N) is 2. The number of carbonyl (C=O) groups is 1. The fraction of sp³-hybridized carbons (Fsp3) is 0.318. The summed E-state index contributed by atoms with van der Waals surface area (Å²) in [6, 6.07) is 12.1. The third-order valence-electron chi connectivity index (χ3n) is 5.55. The van der Waals surface area contributed by atoms with Gasteiger partial charge < -0.3 is 14.2 Å². The SMILES string of the molecule is CC[NH+](CC)CCN1C(=O)c2oc3ccccc3c(=O)c2[C@@H]1c1ccccn1. The van der Waals surface area contributed by atoms with E-state index >= 15 is 0 Å². The summed E-state index contributed by atoms with van der Waals surface area (Å²) in [5.74, 6) is -0.0889. The Morgan fingerprint density at radius 2 is 1.82 bits per heavy atom. The second-order valence-corrected chi connectivity index (χ2v) is 7.03. The van der Waals surface area contributed by atoms with Gasteiger partial charge in [0.25, 0.3) is 5.91 Å². The molecule has 28 heavy (non-hydrogen) atoms. The maximum absolute atomic E-state index is 13.3. The topological polar surface area (TPSA) is 67.8 Å². The zero-order valence-corrected chi connectivity index (χ0v) is 16.1. The summed E-state index contributed by atoms with van der Waals surface area (Å²) in [6.45, 7) is 7.59. The Kier molecular flexibility index (Phi) is 4.96.